The van der Waals surface area contributed by atoms with Crippen molar-refractivity contribution in [2.45, 2.75) is 18.9 Å². The minimum absolute atomic E-state index is 0.0766. The molecule has 1 fully saturated rings. The number of carbonyl (C=O) groups excluding carboxylic acids is 2. The highest BCUT2D eigenvalue weighted by Crippen LogP contribution is 2.20. The zero-order chi connectivity index (χ0) is 16.2. The maximum atomic E-state index is 12.2. The van der Waals surface area contributed by atoms with Crippen LogP contribution < -0.4 is 5.32 Å². The molecule has 1 aliphatic heterocycles. The molecule has 0 aliphatic carbocycles. The zero-order valence-electron chi connectivity index (χ0n) is 13.1. The van der Waals surface area contributed by atoms with E-state index in [-0.39, 0.29) is 18.6 Å². The molecule has 0 radical (unpaired) electrons. The largest absolute Gasteiger partial charge is 0.452 e. The molecule has 23 heavy (non-hydrogen) atoms. The van der Waals surface area contributed by atoms with Crippen LogP contribution in [0.4, 0.5) is 0 Å². The summed E-state index contributed by atoms with van der Waals surface area (Å²) in [5.74, 6) is -0.803. The van der Waals surface area contributed by atoms with Crippen molar-refractivity contribution < 1.29 is 19.1 Å². The summed E-state index contributed by atoms with van der Waals surface area (Å²) in [6.07, 6.45) is 3.77. The molecule has 1 saturated heterocycles. The van der Waals surface area contributed by atoms with E-state index in [0.29, 0.717) is 12.1 Å². The van der Waals surface area contributed by atoms with Crippen LogP contribution in [0.2, 0.25) is 0 Å². The fraction of sp³-hybridized carbons (Fsp3) is 0.412. The van der Waals surface area contributed by atoms with Gasteiger partial charge < -0.3 is 19.4 Å². The van der Waals surface area contributed by atoms with E-state index < -0.39 is 5.97 Å². The second kappa shape index (κ2) is 6.83. The Morgan fingerprint density at radius 2 is 2.22 bits per heavy atom. The van der Waals surface area contributed by atoms with Gasteiger partial charge in [0.05, 0.1) is 11.7 Å². The zero-order valence-corrected chi connectivity index (χ0v) is 13.1. The van der Waals surface area contributed by atoms with Gasteiger partial charge in [-0.2, -0.15) is 0 Å². The molecule has 0 bridgehead atoms. The molecule has 3 rings (SSSR count). The minimum Gasteiger partial charge on any atom is -0.452 e. The summed E-state index contributed by atoms with van der Waals surface area (Å²) in [7, 11) is 1.87. The molecule has 0 saturated carbocycles. The average Bonchev–Trinajstić information content (AvgIpc) is 3.19. The van der Waals surface area contributed by atoms with Crippen molar-refractivity contribution in [2.75, 3.05) is 19.8 Å². The van der Waals surface area contributed by atoms with Crippen molar-refractivity contribution in [1.29, 1.82) is 0 Å². The third kappa shape index (κ3) is 3.53. The number of carbonyl (C=O) groups is 2. The number of hydrogen-bond donors (Lipinski definition) is 1. The number of hydrogen-bond acceptors (Lipinski definition) is 4. The Morgan fingerprint density at radius 3 is 3.00 bits per heavy atom. The lowest BCUT2D eigenvalue weighted by atomic mass is 10.2. The maximum Gasteiger partial charge on any atom is 0.340 e. The number of para-hydroxylation sites is 1. The van der Waals surface area contributed by atoms with Gasteiger partial charge in [0.15, 0.2) is 6.61 Å². The molecule has 0 unspecified atom stereocenters. The average molecular weight is 316 g/mol. The fourth-order valence-corrected chi connectivity index (χ4v) is 2.80. The van der Waals surface area contributed by atoms with Gasteiger partial charge in [-0.25, -0.2) is 4.79 Å². The molecule has 0 spiro atoms. The number of fused-ring (bicyclic) bond motifs is 1. The molecular weight excluding hydrogens is 296 g/mol. The Labute approximate surface area is 134 Å². The maximum absolute atomic E-state index is 12.2. The van der Waals surface area contributed by atoms with Gasteiger partial charge in [-0.1, -0.05) is 18.2 Å². The molecule has 6 heteroatoms. The van der Waals surface area contributed by atoms with Crippen molar-refractivity contribution in [2.24, 2.45) is 7.05 Å². The summed E-state index contributed by atoms with van der Waals surface area (Å²) in [5, 5.41) is 3.55. The monoisotopic (exact) mass is 316 g/mol. The lowest BCUT2D eigenvalue weighted by molar-refractivity contribution is -0.124. The molecule has 1 amide bonds. The quantitative estimate of drug-likeness (QED) is 0.851. The molecule has 1 N–H and O–H groups in total. The van der Waals surface area contributed by atoms with E-state index in [1.165, 1.54) is 0 Å². The van der Waals surface area contributed by atoms with E-state index in [4.69, 9.17) is 9.47 Å². The number of nitrogens with one attached hydrogen (secondary N) is 1. The second-order valence-corrected chi connectivity index (χ2v) is 5.69. The summed E-state index contributed by atoms with van der Waals surface area (Å²) in [6, 6.07) is 7.58. The molecule has 1 aliphatic rings. The highest BCUT2D eigenvalue weighted by atomic mass is 16.5. The Hall–Kier alpha value is -2.34. The summed E-state index contributed by atoms with van der Waals surface area (Å²) >= 11 is 0. The van der Waals surface area contributed by atoms with Crippen molar-refractivity contribution in [3.8, 4) is 0 Å². The standard InChI is InChI=1S/C17H20N2O4/c1-19-10-14(13-6-2-3-7-15(13)19)17(21)23-11-16(20)18-9-12-5-4-8-22-12/h2-3,6-7,10,12H,4-5,8-9,11H2,1H3,(H,18,20)/t12-/m0/s1. The Bertz CT molecular complexity index is 716. The van der Waals surface area contributed by atoms with Crippen LogP contribution in [0.5, 0.6) is 0 Å². The molecular formula is C17H20N2O4. The van der Waals surface area contributed by atoms with Crippen LogP contribution in [0.15, 0.2) is 30.5 Å². The first-order valence-electron chi connectivity index (χ1n) is 7.74. The second-order valence-electron chi connectivity index (χ2n) is 5.69. The van der Waals surface area contributed by atoms with E-state index >= 15 is 0 Å². The number of aryl methyl sites for hydroxylation is 1. The van der Waals surface area contributed by atoms with Crippen molar-refractivity contribution in [3.63, 3.8) is 0 Å². The van der Waals surface area contributed by atoms with Crippen molar-refractivity contribution in [1.82, 2.24) is 9.88 Å². The van der Waals surface area contributed by atoms with E-state index in [0.717, 1.165) is 30.4 Å². The number of nitrogens with zero attached hydrogens (tertiary/aromatic N) is 1. The first kappa shape index (κ1) is 15.6. The predicted molar refractivity (Wildman–Crippen MR) is 85.2 cm³/mol. The number of ether oxygens (including phenoxy) is 2. The summed E-state index contributed by atoms with van der Waals surface area (Å²) in [6.45, 7) is 0.927. The van der Waals surface area contributed by atoms with Crippen LogP contribution in [0.3, 0.4) is 0 Å². The highest BCUT2D eigenvalue weighted by molar-refractivity contribution is 6.04. The molecule has 1 aromatic carbocycles. The van der Waals surface area contributed by atoms with Crippen LogP contribution >= 0.6 is 0 Å². The van der Waals surface area contributed by atoms with Crippen molar-refractivity contribution in [3.05, 3.63) is 36.0 Å². The third-order valence-corrected chi connectivity index (χ3v) is 4.00. The van der Waals surface area contributed by atoms with Gasteiger partial charge in [-0.3, -0.25) is 4.79 Å². The van der Waals surface area contributed by atoms with Crippen LogP contribution in [-0.2, 0) is 21.3 Å². The number of benzene rings is 1. The van der Waals surface area contributed by atoms with Gasteiger partial charge in [-0.05, 0) is 18.9 Å². The van der Waals surface area contributed by atoms with E-state index in [2.05, 4.69) is 5.32 Å². The van der Waals surface area contributed by atoms with Crippen LogP contribution in [-0.4, -0.2) is 42.3 Å². The number of aromatic nitrogens is 1. The molecule has 1 aromatic heterocycles. The van der Waals surface area contributed by atoms with Crippen molar-refractivity contribution >= 4 is 22.8 Å². The van der Waals surface area contributed by atoms with E-state index in [1.807, 2.05) is 35.9 Å². The van der Waals surface area contributed by atoms with Gasteiger partial charge in [0.2, 0.25) is 0 Å². The van der Waals surface area contributed by atoms with Crippen LogP contribution in [0, 0.1) is 0 Å². The van der Waals surface area contributed by atoms with E-state index in [1.54, 1.807) is 6.20 Å². The molecule has 2 aromatic rings. The van der Waals surface area contributed by atoms with E-state index in [9.17, 15) is 9.59 Å². The van der Waals surface area contributed by atoms with Gasteiger partial charge >= 0.3 is 5.97 Å². The number of esters is 1. The Morgan fingerprint density at radius 1 is 1.39 bits per heavy atom. The molecule has 1 atom stereocenters. The highest BCUT2D eigenvalue weighted by Gasteiger charge is 2.18. The molecule has 6 nitrogen and oxygen atoms in total. The summed E-state index contributed by atoms with van der Waals surface area (Å²) < 4.78 is 12.4. The normalized spacial score (nSPS) is 17.3. The van der Waals surface area contributed by atoms with Gasteiger partial charge in [0.25, 0.3) is 5.91 Å². The predicted octanol–water partition coefficient (Wildman–Crippen LogP) is 1.63. The number of rotatable bonds is 5. The topological polar surface area (TPSA) is 69.6 Å². The first-order chi connectivity index (χ1) is 11.1. The Kier molecular flexibility index (Phi) is 4.62. The summed E-state index contributed by atoms with van der Waals surface area (Å²) in [4.78, 5) is 24.0. The van der Waals surface area contributed by atoms with Gasteiger partial charge in [0.1, 0.15) is 0 Å². The first-order valence-corrected chi connectivity index (χ1v) is 7.74. The Balaban J connectivity index is 1.55. The molecule has 122 valence electrons. The summed E-state index contributed by atoms with van der Waals surface area (Å²) in [5.41, 5.74) is 1.41. The SMILES string of the molecule is Cn1cc(C(=O)OCC(=O)NC[C@@H]2CCCO2)c2ccccc21. The lowest BCUT2D eigenvalue weighted by Crippen LogP contribution is -2.34. The fourth-order valence-electron chi connectivity index (χ4n) is 2.80. The third-order valence-electron chi connectivity index (χ3n) is 4.00. The van der Waals surface area contributed by atoms with Crippen LogP contribution in [0.25, 0.3) is 10.9 Å². The van der Waals surface area contributed by atoms with Gasteiger partial charge in [-0.15, -0.1) is 0 Å². The minimum atomic E-state index is -0.492. The molecule has 2 heterocycles. The van der Waals surface area contributed by atoms with Crippen LogP contribution in [0.1, 0.15) is 23.2 Å². The van der Waals surface area contributed by atoms with Gasteiger partial charge in [0, 0.05) is 37.3 Å². The lowest BCUT2D eigenvalue weighted by Gasteiger charge is -2.10. The number of amides is 1. The smallest absolute Gasteiger partial charge is 0.340 e.